The van der Waals surface area contributed by atoms with Gasteiger partial charge in [0.05, 0.1) is 17.5 Å². The molecule has 0 aliphatic rings. The molecule has 1 aromatic carbocycles. The number of hydrogen-bond donors (Lipinski definition) is 2. The predicted octanol–water partition coefficient (Wildman–Crippen LogP) is 2.24. The Hall–Kier alpha value is -1.86. The Kier molecular flexibility index (Phi) is 4.98. The van der Waals surface area contributed by atoms with Gasteiger partial charge in [0.15, 0.2) is 0 Å². The van der Waals surface area contributed by atoms with Crippen molar-refractivity contribution < 1.29 is 13.2 Å². The van der Waals surface area contributed by atoms with Gasteiger partial charge in [-0.1, -0.05) is 6.92 Å². The van der Waals surface area contributed by atoms with Crippen LogP contribution in [0.1, 0.15) is 32.1 Å². The van der Waals surface area contributed by atoms with Crippen LogP contribution in [0.3, 0.4) is 0 Å². The average Bonchev–Trinajstić information content (AvgIpc) is 3.00. The van der Waals surface area contributed by atoms with Gasteiger partial charge in [-0.25, -0.2) is 18.1 Å². The summed E-state index contributed by atoms with van der Waals surface area (Å²) < 4.78 is 32.7. The van der Waals surface area contributed by atoms with Crippen molar-refractivity contribution >= 4 is 10.0 Å². The molecule has 0 saturated heterocycles. The lowest BCUT2D eigenvalue weighted by molar-refractivity contribution is 0.340. The standard InChI is InChI=1S/C14H19N3O3S/c1-3-13(14-15-9-10-16-14)17-21(18,19)12-7-5-11(6-8-12)20-4-2/h5-10,13,17H,3-4H2,1-2H3,(H,15,16). The molecular weight excluding hydrogens is 290 g/mol. The van der Waals surface area contributed by atoms with E-state index in [-0.39, 0.29) is 10.9 Å². The zero-order valence-electron chi connectivity index (χ0n) is 12.0. The normalized spacial score (nSPS) is 13.0. The number of benzene rings is 1. The van der Waals surface area contributed by atoms with Crippen molar-refractivity contribution in [3.8, 4) is 5.75 Å². The van der Waals surface area contributed by atoms with Crippen LogP contribution in [-0.4, -0.2) is 25.0 Å². The number of nitrogens with zero attached hydrogens (tertiary/aromatic N) is 1. The average molecular weight is 309 g/mol. The lowest BCUT2D eigenvalue weighted by atomic mass is 10.2. The van der Waals surface area contributed by atoms with Crippen LogP contribution in [-0.2, 0) is 10.0 Å². The van der Waals surface area contributed by atoms with Gasteiger partial charge in [-0.05, 0) is 37.6 Å². The summed E-state index contributed by atoms with van der Waals surface area (Å²) in [5, 5.41) is 0. The van der Waals surface area contributed by atoms with Crippen LogP contribution in [0.2, 0.25) is 0 Å². The molecule has 0 radical (unpaired) electrons. The third kappa shape index (κ3) is 3.83. The first kappa shape index (κ1) is 15.5. The number of hydrogen-bond acceptors (Lipinski definition) is 4. The quantitative estimate of drug-likeness (QED) is 0.821. The first-order valence-corrected chi connectivity index (χ1v) is 8.29. The van der Waals surface area contributed by atoms with Gasteiger partial charge in [-0.2, -0.15) is 0 Å². The highest BCUT2D eigenvalue weighted by atomic mass is 32.2. The summed E-state index contributed by atoms with van der Waals surface area (Å²) in [6.45, 7) is 4.32. The molecule has 2 aromatic rings. The van der Waals surface area contributed by atoms with Crippen molar-refractivity contribution in [2.75, 3.05) is 6.61 Å². The van der Waals surface area contributed by atoms with Crippen LogP contribution in [0, 0.1) is 0 Å². The maximum absolute atomic E-state index is 12.4. The Morgan fingerprint density at radius 1 is 1.29 bits per heavy atom. The number of sulfonamides is 1. The van der Waals surface area contributed by atoms with Crippen LogP contribution >= 0.6 is 0 Å². The highest BCUT2D eigenvalue weighted by Crippen LogP contribution is 2.19. The summed E-state index contributed by atoms with van der Waals surface area (Å²) in [6, 6.07) is 5.97. The third-order valence-electron chi connectivity index (χ3n) is 3.00. The number of aromatic nitrogens is 2. The summed E-state index contributed by atoms with van der Waals surface area (Å²) in [4.78, 5) is 7.24. The molecular formula is C14H19N3O3S. The fourth-order valence-electron chi connectivity index (χ4n) is 1.94. The maximum atomic E-state index is 12.4. The van der Waals surface area contributed by atoms with Crippen molar-refractivity contribution in [1.82, 2.24) is 14.7 Å². The van der Waals surface area contributed by atoms with Crippen molar-refractivity contribution in [1.29, 1.82) is 0 Å². The number of H-pyrrole nitrogens is 1. The maximum Gasteiger partial charge on any atom is 0.241 e. The van der Waals surface area contributed by atoms with Gasteiger partial charge in [0, 0.05) is 12.4 Å². The molecule has 0 amide bonds. The molecule has 0 aliphatic heterocycles. The van der Waals surface area contributed by atoms with E-state index in [4.69, 9.17) is 4.74 Å². The molecule has 1 heterocycles. The Morgan fingerprint density at radius 3 is 2.52 bits per heavy atom. The van der Waals surface area contributed by atoms with Crippen LogP contribution in [0.25, 0.3) is 0 Å². The van der Waals surface area contributed by atoms with E-state index in [2.05, 4.69) is 14.7 Å². The Bertz CT molecular complexity index is 651. The molecule has 114 valence electrons. The Morgan fingerprint density at radius 2 is 2.00 bits per heavy atom. The largest absolute Gasteiger partial charge is 0.494 e. The van der Waals surface area contributed by atoms with Gasteiger partial charge in [0.2, 0.25) is 10.0 Å². The zero-order valence-corrected chi connectivity index (χ0v) is 12.9. The van der Waals surface area contributed by atoms with Crippen LogP contribution in [0.5, 0.6) is 5.75 Å². The molecule has 0 aliphatic carbocycles. The Balaban J connectivity index is 2.17. The summed E-state index contributed by atoms with van der Waals surface area (Å²) >= 11 is 0. The van der Waals surface area contributed by atoms with Crippen molar-refractivity contribution in [2.24, 2.45) is 0 Å². The number of aromatic amines is 1. The van der Waals surface area contributed by atoms with E-state index < -0.39 is 10.0 Å². The molecule has 0 saturated carbocycles. The number of rotatable bonds is 7. The van der Waals surface area contributed by atoms with E-state index in [0.717, 1.165) is 0 Å². The first-order valence-electron chi connectivity index (χ1n) is 6.81. The molecule has 2 rings (SSSR count). The second-order valence-corrected chi connectivity index (χ2v) is 6.17. The molecule has 2 N–H and O–H groups in total. The van der Waals surface area contributed by atoms with Crippen LogP contribution in [0.15, 0.2) is 41.6 Å². The minimum atomic E-state index is -3.59. The van der Waals surface area contributed by atoms with Crippen LogP contribution in [0.4, 0.5) is 0 Å². The molecule has 0 fully saturated rings. The SMILES string of the molecule is CCOc1ccc(S(=O)(=O)NC(CC)c2ncc[nH]2)cc1. The minimum absolute atomic E-state index is 0.205. The van der Waals surface area contributed by atoms with Gasteiger partial charge in [-0.3, -0.25) is 0 Å². The second kappa shape index (κ2) is 6.73. The Labute approximate surface area is 124 Å². The molecule has 0 spiro atoms. The predicted molar refractivity (Wildman–Crippen MR) is 79.6 cm³/mol. The lowest BCUT2D eigenvalue weighted by Gasteiger charge is -2.15. The molecule has 1 atom stereocenters. The number of ether oxygens (including phenoxy) is 1. The van der Waals surface area contributed by atoms with Gasteiger partial charge < -0.3 is 9.72 Å². The van der Waals surface area contributed by atoms with E-state index in [9.17, 15) is 8.42 Å². The van der Waals surface area contributed by atoms with Crippen molar-refractivity contribution in [3.63, 3.8) is 0 Å². The number of nitrogens with one attached hydrogen (secondary N) is 2. The monoisotopic (exact) mass is 309 g/mol. The summed E-state index contributed by atoms with van der Waals surface area (Å²) in [6.07, 6.45) is 3.87. The summed E-state index contributed by atoms with van der Waals surface area (Å²) in [5.74, 6) is 1.25. The minimum Gasteiger partial charge on any atom is -0.494 e. The van der Waals surface area contributed by atoms with E-state index in [0.29, 0.717) is 24.6 Å². The van der Waals surface area contributed by atoms with Gasteiger partial charge >= 0.3 is 0 Å². The molecule has 6 nitrogen and oxygen atoms in total. The molecule has 0 bridgehead atoms. The number of imidazole rings is 1. The highest BCUT2D eigenvalue weighted by molar-refractivity contribution is 7.89. The topological polar surface area (TPSA) is 84.1 Å². The fourth-order valence-corrected chi connectivity index (χ4v) is 3.22. The van der Waals surface area contributed by atoms with Crippen LogP contribution < -0.4 is 9.46 Å². The third-order valence-corrected chi connectivity index (χ3v) is 4.49. The van der Waals surface area contributed by atoms with E-state index in [1.54, 1.807) is 24.5 Å². The zero-order chi connectivity index (χ0) is 15.3. The summed E-state index contributed by atoms with van der Waals surface area (Å²) in [5.41, 5.74) is 0. The van der Waals surface area contributed by atoms with Crippen molar-refractivity contribution in [2.45, 2.75) is 31.2 Å². The van der Waals surface area contributed by atoms with Gasteiger partial charge in [0.1, 0.15) is 11.6 Å². The summed E-state index contributed by atoms with van der Waals surface area (Å²) in [7, 11) is -3.59. The van der Waals surface area contributed by atoms with E-state index >= 15 is 0 Å². The molecule has 21 heavy (non-hydrogen) atoms. The van der Waals surface area contributed by atoms with E-state index in [1.165, 1.54) is 12.1 Å². The molecule has 1 aromatic heterocycles. The van der Waals surface area contributed by atoms with E-state index in [1.807, 2.05) is 13.8 Å². The smallest absolute Gasteiger partial charge is 0.241 e. The molecule has 1 unspecified atom stereocenters. The van der Waals surface area contributed by atoms with Crippen molar-refractivity contribution in [3.05, 3.63) is 42.5 Å². The van der Waals surface area contributed by atoms with Gasteiger partial charge in [0.25, 0.3) is 0 Å². The first-order chi connectivity index (χ1) is 10.1. The fraction of sp³-hybridized carbons (Fsp3) is 0.357. The van der Waals surface area contributed by atoms with Gasteiger partial charge in [-0.15, -0.1) is 0 Å². The lowest BCUT2D eigenvalue weighted by Crippen LogP contribution is -2.29. The second-order valence-electron chi connectivity index (χ2n) is 4.46. The highest BCUT2D eigenvalue weighted by Gasteiger charge is 2.21. The molecule has 7 heteroatoms.